The van der Waals surface area contributed by atoms with Crippen molar-refractivity contribution in [3.05, 3.63) is 29.8 Å². The van der Waals surface area contributed by atoms with Gasteiger partial charge in [-0.25, -0.2) is 0 Å². The van der Waals surface area contributed by atoms with Crippen molar-refractivity contribution in [1.82, 2.24) is 10.7 Å². The number of thiocarbonyl (C=S) groups is 1. The summed E-state index contributed by atoms with van der Waals surface area (Å²) in [4.78, 5) is 0. The number of nitrogens with two attached hydrogens (primary N) is 1. The molecule has 2 atom stereocenters. The van der Waals surface area contributed by atoms with Gasteiger partial charge in [-0.1, -0.05) is 31.9 Å². The van der Waals surface area contributed by atoms with Crippen molar-refractivity contribution in [2.24, 2.45) is 11.0 Å². The third-order valence-corrected chi connectivity index (χ3v) is 4.29. The number of hydrazone groups is 1. The smallest absolute Gasteiger partial charge is 0.187 e. The summed E-state index contributed by atoms with van der Waals surface area (Å²) in [5, 5.41) is 8.31. The van der Waals surface area contributed by atoms with Crippen LogP contribution < -0.4 is 16.5 Å². The van der Waals surface area contributed by atoms with Crippen molar-refractivity contribution >= 4 is 28.7 Å². The fourth-order valence-corrected chi connectivity index (χ4v) is 2.85. The lowest BCUT2D eigenvalue weighted by Gasteiger charge is -2.30. The second kappa shape index (κ2) is 7.41. The van der Waals surface area contributed by atoms with Gasteiger partial charge in [0, 0.05) is 11.7 Å². The standard InChI is InChI=1S/C16H24N4S/c1-11-5-3-4-6-15(11)18-16(21)20-19-12(2)13-7-9-14(17)10-8-13/h7-11,15H,3-6,17H2,1-2H3,(H2,18,20,21)/b19-12-/t11-,15+/m1/s1. The number of rotatable bonds is 3. The molecule has 0 heterocycles. The summed E-state index contributed by atoms with van der Waals surface area (Å²) in [6.07, 6.45) is 5.06. The van der Waals surface area contributed by atoms with Crippen LogP contribution in [0.5, 0.6) is 0 Å². The molecule has 0 bridgehead atoms. The van der Waals surface area contributed by atoms with Crippen LogP contribution in [0.15, 0.2) is 29.4 Å². The topological polar surface area (TPSA) is 62.4 Å². The number of benzene rings is 1. The summed E-state index contributed by atoms with van der Waals surface area (Å²) in [7, 11) is 0. The van der Waals surface area contributed by atoms with Crippen molar-refractivity contribution in [3.8, 4) is 0 Å². The highest BCUT2D eigenvalue weighted by atomic mass is 32.1. The minimum absolute atomic E-state index is 0.464. The molecule has 4 nitrogen and oxygen atoms in total. The number of nitrogen functional groups attached to an aromatic ring is 1. The largest absolute Gasteiger partial charge is 0.399 e. The van der Waals surface area contributed by atoms with Crippen molar-refractivity contribution in [2.45, 2.75) is 45.6 Å². The Morgan fingerprint density at radius 3 is 2.57 bits per heavy atom. The molecule has 21 heavy (non-hydrogen) atoms. The minimum Gasteiger partial charge on any atom is -0.399 e. The highest BCUT2D eigenvalue weighted by Gasteiger charge is 2.21. The van der Waals surface area contributed by atoms with Crippen LogP contribution in [0.3, 0.4) is 0 Å². The monoisotopic (exact) mass is 304 g/mol. The van der Waals surface area contributed by atoms with Crippen LogP contribution in [0.25, 0.3) is 0 Å². The number of nitrogens with zero attached hydrogens (tertiary/aromatic N) is 1. The fourth-order valence-electron chi connectivity index (χ4n) is 2.65. The summed E-state index contributed by atoms with van der Waals surface area (Å²) in [5.74, 6) is 0.667. The molecule has 0 unspecified atom stereocenters. The normalized spacial score (nSPS) is 22.7. The predicted octanol–water partition coefficient (Wildman–Crippen LogP) is 3.04. The number of nitrogens with one attached hydrogen (secondary N) is 2. The first-order valence-corrected chi connectivity index (χ1v) is 7.94. The highest BCUT2D eigenvalue weighted by molar-refractivity contribution is 7.80. The van der Waals surface area contributed by atoms with Crippen LogP contribution >= 0.6 is 12.2 Å². The Balaban J connectivity index is 1.87. The Bertz CT molecular complexity index is 510. The van der Waals surface area contributed by atoms with Gasteiger partial charge in [-0.15, -0.1) is 0 Å². The van der Waals surface area contributed by atoms with E-state index in [-0.39, 0.29) is 0 Å². The zero-order valence-corrected chi connectivity index (χ0v) is 13.5. The van der Waals surface area contributed by atoms with Gasteiger partial charge >= 0.3 is 0 Å². The van der Waals surface area contributed by atoms with E-state index in [2.05, 4.69) is 22.8 Å². The van der Waals surface area contributed by atoms with Gasteiger partial charge in [0.2, 0.25) is 0 Å². The molecular formula is C16H24N4S. The lowest BCUT2D eigenvalue weighted by atomic mass is 9.86. The van der Waals surface area contributed by atoms with Crippen LogP contribution in [-0.4, -0.2) is 16.9 Å². The summed E-state index contributed by atoms with van der Waals surface area (Å²) >= 11 is 5.33. The highest BCUT2D eigenvalue weighted by Crippen LogP contribution is 2.23. The Hall–Kier alpha value is -1.62. The molecule has 0 aromatic heterocycles. The summed E-state index contributed by atoms with van der Waals surface area (Å²) in [6, 6.07) is 8.11. The third-order valence-electron chi connectivity index (χ3n) is 4.08. The molecule has 1 fully saturated rings. The first-order chi connectivity index (χ1) is 10.1. The first kappa shape index (κ1) is 15.8. The van der Waals surface area contributed by atoms with Crippen molar-refractivity contribution < 1.29 is 0 Å². The third kappa shape index (κ3) is 4.70. The van der Waals surface area contributed by atoms with Gasteiger partial charge in [0.25, 0.3) is 0 Å². The molecule has 1 aromatic carbocycles. The Labute approximate surface area is 132 Å². The van der Waals surface area contributed by atoms with Crippen LogP contribution in [0, 0.1) is 5.92 Å². The summed E-state index contributed by atoms with van der Waals surface area (Å²) in [6.45, 7) is 4.23. The fraction of sp³-hybridized carbons (Fsp3) is 0.500. The number of hydrogen-bond acceptors (Lipinski definition) is 3. The lowest BCUT2D eigenvalue weighted by Crippen LogP contribution is -2.44. The van der Waals surface area contributed by atoms with E-state index >= 15 is 0 Å². The minimum atomic E-state index is 0.464. The molecule has 1 aliphatic rings. The van der Waals surface area contributed by atoms with E-state index in [4.69, 9.17) is 18.0 Å². The SMILES string of the molecule is C/C(=N/NC(=S)N[C@H]1CCCC[C@H]1C)c1ccc(N)cc1. The molecule has 5 heteroatoms. The van der Waals surface area contributed by atoms with Crippen LogP contribution in [0.1, 0.15) is 45.1 Å². The molecule has 1 saturated carbocycles. The average Bonchev–Trinajstić information content (AvgIpc) is 2.48. The van der Waals surface area contributed by atoms with Gasteiger partial charge in [0.1, 0.15) is 0 Å². The Kier molecular flexibility index (Phi) is 5.56. The lowest BCUT2D eigenvalue weighted by molar-refractivity contribution is 0.308. The Morgan fingerprint density at radius 2 is 1.90 bits per heavy atom. The van der Waals surface area contributed by atoms with E-state index in [9.17, 15) is 0 Å². The molecule has 1 aromatic rings. The zero-order chi connectivity index (χ0) is 15.2. The van der Waals surface area contributed by atoms with Gasteiger partial charge in [-0.2, -0.15) is 5.10 Å². The average molecular weight is 304 g/mol. The predicted molar refractivity (Wildman–Crippen MR) is 93.4 cm³/mol. The summed E-state index contributed by atoms with van der Waals surface area (Å²) in [5.41, 5.74) is 11.3. The zero-order valence-electron chi connectivity index (χ0n) is 12.7. The second-order valence-corrected chi connectivity index (χ2v) is 6.18. The van der Waals surface area contributed by atoms with E-state index in [0.29, 0.717) is 17.1 Å². The van der Waals surface area contributed by atoms with Gasteiger partial charge in [0.05, 0.1) is 5.71 Å². The summed E-state index contributed by atoms with van der Waals surface area (Å²) < 4.78 is 0. The maximum Gasteiger partial charge on any atom is 0.187 e. The molecule has 1 aliphatic carbocycles. The molecule has 0 spiro atoms. The molecular weight excluding hydrogens is 280 g/mol. The van der Waals surface area contributed by atoms with E-state index in [1.807, 2.05) is 31.2 Å². The molecule has 0 aliphatic heterocycles. The van der Waals surface area contributed by atoms with Crippen LogP contribution in [0.4, 0.5) is 5.69 Å². The van der Waals surface area contributed by atoms with E-state index in [1.165, 1.54) is 25.7 Å². The maximum atomic E-state index is 5.68. The molecule has 4 N–H and O–H groups in total. The van der Waals surface area contributed by atoms with E-state index in [0.717, 1.165) is 17.0 Å². The molecule has 0 saturated heterocycles. The van der Waals surface area contributed by atoms with Crippen LogP contribution in [0.2, 0.25) is 0 Å². The first-order valence-electron chi connectivity index (χ1n) is 7.53. The second-order valence-electron chi connectivity index (χ2n) is 5.77. The van der Waals surface area contributed by atoms with Gasteiger partial charge in [0.15, 0.2) is 5.11 Å². The van der Waals surface area contributed by atoms with Gasteiger partial charge in [-0.3, -0.25) is 5.43 Å². The van der Waals surface area contributed by atoms with Crippen molar-refractivity contribution in [3.63, 3.8) is 0 Å². The van der Waals surface area contributed by atoms with Gasteiger partial charge in [-0.05, 0) is 55.6 Å². The van der Waals surface area contributed by atoms with E-state index < -0.39 is 0 Å². The molecule has 2 rings (SSSR count). The molecule has 114 valence electrons. The Morgan fingerprint density at radius 1 is 1.24 bits per heavy atom. The number of anilines is 1. The van der Waals surface area contributed by atoms with E-state index in [1.54, 1.807) is 0 Å². The molecule has 0 amide bonds. The maximum absolute atomic E-state index is 5.68. The molecule has 0 radical (unpaired) electrons. The van der Waals surface area contributed by atoms with Crippen molar-refractivity contribution in [1.29, 1.82) is 0 Å². The van der Waals surface area contributed by atoms with Crippen molar-refractivity contribution in [2.75, 3.05) is 5.73 Å². The van der Waals surface area contributed by atoms with Crippen LogP contribution in [-0.2, 0) is 0 Å². The quantitative estimate of drug-likeness (QED) is 0.348. The van der Waals surface area contributed by atoms with Gasteiger partial charge < -0.3 is 11.1 Å². The number of hydrogen-bond donors (Lipinski definition) is 3.